The van der Waals surface area contributed by atoms with Gasteiger partial charge in [-0.15, -0.1) is 0 Å². The summed E-state index contributed by atoms with van der Waals surface area (Å²) in [5.41, 5.74) is 9.94. The number of aldehydes is 1. The number of nitrogens with two attached hydrogens (primary N) is 1. The molecule has 0 spiro atoms. The van der Waals surface area contributed by atoms with Crippen LogP contribution in [0.25, 0.3) is 5.57 Å². The van der Waals surface area contributed by atoms with Crippen LogP contribution in [0.4, 0.5) is 5.69 Å². The van der Waals surface area contributed by atoms with Crippen molar-refractivity contribution in [2.45, 2.75) is 12.5 Å². The summed E-state index contributed by atoms with van der Waals surface area (Å²) in [6, 6.07) is 8.43. The van der Waals surface area contributed by atoms with Crippen molar-refractivity contribution in [3.8, 4) is 0 Å². The lowest BCUT2D eigenvalue weighted by Gasteiger charge is -2.45. The first-order chi connectivity index (χ1) is 10.2. The summed E-state index contributed by atoms with van der Waals surface area (Å²) in [7, 11) is 2.24. The molecule has 0 aromatic heterocycles. The van der Waals surface area contributed by atoms with Crippen molar-refractivity contribution in [1.29, 1.82) is 0 Å². The van der Waals surface area contributed by atoms with Crippen molar-refractivity contribution < 1.29 is 4.79 Å². The molecule has 0 fully saturated rings. The molecule has 0 bridgehead atoms. The smallest absolute Gasteiger partial charge is 0.151 e. The third kappa shape index (κ3) is 2.09. The van der Waals surface area contributed by atoms with Crippen molar-refractivity contribution in [2.24, 2.45) is 5.73 Å². The predicted molar refractivity (Wildman–Crippen MR) is 87.8 cm³/mol. The van der Waals surface area contributed by atoms with E-state index in [0.717, 1.165) is 40.4 Å². The predicted octanol–water partition coefficient (Wildman–Crippen LogP) is 2.43. The van der Waals surface area contributed by atoms with Gasteiger partial charge in [0.1, 0.15) is 11.7 Å². The van der Waals surface area contributed by atoms with E-state index in [4.69, 9.17) is 5.73 Å². The Kier molecular flexibility index (Phi) is 3.62. The lowest BCUT2D eigenvalue weighted by Crippen LogP contribution is -2.56. The number of benzene rings is 1. The largest absolute Gasteiger partial charge is 0.330 e. The second-order valence-electron chi connectivity index (χ2n) is 5.83. The average Bonchev–Trinajstić information content (AvgIpc) is 2.54. The van der Waals surface area contributed by atoms with Crippen LogP contribution >= 0.6 is 0 Å². The highest BCUT2D eigenvalue weighted by Crippen LogP contribution is 2.43. The highest BCUT2D eigenvalue weighted by Gasteiger charge is 2.42. The number of para-hydroxylation sites is 1. The third-order valence-electron chi connectivity index (χ3n) is 4.61. The maximum Gasteiger partial charge on any atom is 0.151 e. The van der Waals surface area contributed by atoms with Gasteiger partial charge in [-0.1, -0.05) is 30.4 Å². The maximum atomic E-state index is 11.7. The van der Waals surface area contributed by atoms with Gasteiger partial charge in [-0.05, 0) is 24.8 Å². The number of allylic oxidation sites excluding steroid dienone is 3. The Morgan fingerprint density at radius 3 is 2.86 bits per heavy atom. The van der Waals surface area contributed by atoms with E-state index in [-0.39, 0.29) is 6.04 Å². The molecule has 0 saturated carbocycles. The fraction of sp³-hybridized carbons (Fsp3) is 0.278. The number of quaternary nitrogens is 1. The van der Waals surface area contributed by atoms with Gasteiger partial charge < -0.3 is 5.73 Å². The second kappa shape index (κ2) is 5.43. The molecule has 1 aliphatic heterocycles. The van der Waals surface area contributed by atoms with Crippen molar-refractivity contribution in [2.75, 3.05) is 20.1 Å². The highest BCUT2D eigenvalue weighted by atomic mass is 16.1. The molecule has 0 amide bonds. The Bertz CT molecular complexity index is 657. The summed E-state index contributed by atoms with van der Waals surface area (Å²) in [6.45, 7) is 1.65. The van der Waals surface area contributed by atoms with Crippen LogP contribution < -0.4 is 10.2 Å². The van der Waals surface area contributed by atoms with Gasteiger partial charge in [0, 0.05) is 23.1 Å². The molecule has 1 aliphatic carbocycles. The van der Waals surface area contributed by atoms with Gasteiger partial charge in [0.25, 0.3) is 0 Å². The monoisotopic (exact) mass is 281 g/mol. The zero-order chi connectivity index (χ0) is 14.9. The summed E-state index contributed by atoms with van der Waals surface area (Å²) in [4.78, 5) is 11.7. The Morgan fingerprint density at radius 2 is 2.10 bits per heavy atom. The first kappa shape index (κ1) is 14.0. The molecule has 1 aromatic carbocycles. The number of carbonyl (C=O) groups excluding carboxylic acids is 1. The fourth-order valence-corrected chi connectivity index (χ4v) is 3.54. The minimum atomic E-state index is 0.191. The Morgan fingerprint density at radius 1 is 1.29 bits per heavy atom. The van der Waals surface area contributed by atoms with Gasteiger partial charge in [-0.2, -0.15) is 0 Å². The Hall–Kier alpha value is -1.97. The van der Waals surface area contributed by atoms with Crippen LogP contribution in [0.2, 0.25) is 0 Å². The van der Waals surface area contributed by atoms with Gasteiger partial charge in [0.2, 0.25) is 0 Å². The summed E-state index contributed by atoms with van der Waals surface area (Å²) in [5.74, 6) is 0. The topological polar surface area (TPSA) is 43.1 Å². The van der Waals surface area contributed by atoms with Crippen LogP contribution in [-0.2, 0) is 4.79 Å². The van der Waals surface area contributed by atoms with Crippen molar-refractivity contribution in [3.63, 3.8) is 0 Å². The van der Waals surface area contributed by atoms with E-state index < -0.39 is 0 Å². The van der Waals surface area contributed by atoms with E-state index in [0.29, 0.717) is 6.54 Å². The second-order valence-corrected chi connectivity index (χ2v) is 5.83. The Balaban J connectivity index is 2.23. The average molecular weight is 281 g/mol. The fourth-order valence-electron chi connectivity index (χ4n) is 3.54. The minimum absolute atomic E-state index is 0.191. The molecule has 0 saturated heterocycles. The molecule has 3 nitrogen and oxygen atoms in total. The van der Waals surface area contributed by atoms with Crippen LogP contribution in [-0.4, -0.2) is 32.5 Å². The van der Waals surface area contributed by atoms with Gasteiger partial charge in [0.05, 0.1) is 13.6 Å². The number of rotatable bonds is 4. The van der Waals surface area contributed by atoms with Crippen LogP contribution in [0, 0.1) is 0 Å². The van der Waals surface area contributed by atoms with E-state index in [1.807, 2.05) is 24.3 Å². The van der Waals surface area contributed by atoms with E-state index in [1.54, 1.807) is 0 Å². The number of hydrogen-bond donors (Lipinski definition) is 1. The molecule has 2 atom stereocenters. The van der Waals surface area contributed by atoms with Crippen molar-refractivity contribution in [3.05, 3.63) is 59.7 Å². The van der Waals surface area contributed by atoms with E-state index >= 15 is 0 Å². The van der Waals surface area contributed by atoms with Crippen molar-refractivity contribution in [1.82, 2.24) is 4.48 Å². The minimum Gasteiger partial charge on any atom is -0.330 e. The number of nitrogens with zero attached hydrogens (tertiary/aromatic N) is 1. The first-order valence-corrected chi connectivity index (χ1v) is 7.42. The standard InChI is InChI=1S/C18H21N2O/c1-20(12-6-11-19)17-9-4-2-7-14(17)16(13-21)15-8-3-5-10-18(15)20/h2-5,7-10,13,17H,6,11-12,19H2,1H3/q+1. The SMILES string of the molecule is C[N+]1(CCCN)c2ccccc2C(C=O)=C2C=CC=CC21. The molecule has 2 aliphatic rings. The molecule has 21 heavy (non-hydrogen) atoms. The summed E-state index contributed by atoms with van der Waals surface area (Å²) in [6.07, 6.45) is 10.3. The molecule has 2 N–H and O–H groups in total. The molecular formula is C18H21N2O+. The van der Waals surface area contributed by atoms with Crippen LogP contribution in [0.5, 0.6) is 0 Å². The van der Waals surface area contributed by atoms with Crippen LogP contribution in [0.3, 0.4) is 0 Å². The highest BCUT2D eigenvalue weighted by molar-refractivity contribution is 6.12. The molecule has 108 valence electrons. The summed E-state index contributed by atoms with van der Waals surface area (Å²) < 4.78 is 0.779. The first-order valence-electron chi connectivity index (χ1n) is 7.42. The quantitative estimate of drug-likeness (QED) is 0.680. The number of carbonyl (C=O) groups is 1. The zero-order valence-corrected chi connectivity index (χ0v) is 12.3. The lowest BCUT2D eigenvalue weighted by molar-refractivity contribution is -0.103. The lowest BCUT2D eigenvalue weighted by atomic mass is 9.84. The van der Waals surface area contributed by atoms with Gasteiger partial charge in [-0.25, -0.2) is 0 Å². The van der Waals surface area contributed by atoms with Crippen molar-refractivity contribution >= 4 is 17.5 Å². The van der Waals surface area contributed by atoms with Gasteiger partial charge in [-0.3, -0.25) is 9.28 Å². The molecule has 1 aromatic rings. The molecule has 1 heterocycles. The molecular weight excluding hydrogens is 260 g/mol. The molecule has 0 radical (unpaired) electrons. The number of fused-ring (bicyclic) bond motifs is 2. The Labute approximate surface area is 125 Å². The van der Waals surface area contributed by atoms with Crippen LogP contribution in [0.1, 0.15) is 12.0 Å². The number of hydrogen-bond acceptors (Lipinski definition) is 2. The third-order valence-corrected chi connectivity index (χ3v) is 4.61. The molecule has 3 rings (SSSR count). The summed E-state index contributed by atoms with van der Waals surface area (Å²) in [5, 5.41) is 0. The zero-order valence-electron chi connectivity index (χ0n) is 12.3. The normalized spacial score (nSPS) is 26.5. The summed E-state index contributed by atoms with van der Waals surface area (Å²) >= 11 is 0. The van der Waals surface area contributed by atoms with E-state index in [2.05, 4.69) is 31.3 Å². The van der Waals surface area contributed by atoms with E-state index in [1.165, 1.54) is 5.69 Å². The number of likely N-dealkylation sites (N-methyl/N-ethyl adjacent to an activating group) is 1. The van der Waals surface area contributed by atoms with E-state index in [9.17, 15) is 4.79 Å². The van der Waals surface area contributed by atoms with Crippen LogP contribution in [0.15, 0.2) is 54.1 Å². The maximum absolute atomic E-state index is 11.7. The van der Waals surface area contributed by atoms with Gasteiger partial charge in [0.15, 0.2) is 6.29 Å². The molecule has 3 heteroatoms. The van der Waals surface area contributed by atoms with Gasteiger partial charge >= 0.3 is 0 Å². The molecule has 2 unspecified atom stereocenters.